The van der Waals surface area contributed by atoms with E-state index in [1.807, 2.05) is 0 Å². The van der Waals surface area contributed by atoms with Gasteiger partial charge in [0.1, 0.15) is 11.5 Å². The van der Waals surface area contributed by atoms with Crippen LogP contribution in [0, 0.1) is 20.2 Å². The molecule has 0 spiro atoms. The first-order valence-electron chi connectivity index (χ1n) is 11.6. The van der Waals surface area contributed by atoms with Crippen LogP contribution in [0.15, 0.2) is 48.5 Å². The molecule has 2 amide bonds. The summed E-state index contributed by atoms with van der Waals surface area (Å²) in [5, 5.41) is 26.8. The van der Waals surface area contributed by atoms with Crippen molar-refractivity contribution in [3.63, 3.8) is 0 Å². The predicted octanol–water partition coefficient (Wildman–Crippen LogP) is 3.53. The van der Waals surface area contributed by atoms with Crippen LogP contribution in [0.5, 0.6) is 11.5 Å². The molecule has 0 aliphatic rings. The Morgan fingerprint density at radius 1 is 0.611 bits per heavy atom. The fourth-order valence-corrected chi connectivity index (χ4v) is 3.14. The Balaban J connectivity index is 1.40. The minimum atomic E-state index is -0.501. The molecule has 0 fully saturated rings. The number of non-ortho nitro benzene ring substituents is 2. The van der Waals surface area contributed by atoms with Crippen LogP contribution in [0.1, 0.15) is 38.5 Å². The van der Waals surface area contributed by atoms with Crippen LogP contribution in [0.4, 0.5) is 11.4 Å². The Labute approximate surface area is 208 Å². The van der Waals surface area contributed by atoms with Gasteiger partial charge in [0.15, 0.2) is 13.2 Å². The quantitative estimate of drug-likeness (QED) is 0.188. The molecule has 0 saturated heterocycles. The molecular formula is C24H30N4O8. The number of nitro groups is 2. The largest absolute Gasteiger partial charge is 0.484 e. The fraction of sp³-hybridized carbons (Fsp3) is 0.417. The van der Waals surface area contributed by atoms with Crippen LogP contribution in [0.25, 0.3) is 0 Å². The highest BCUT2D eigenvalue weighted by Gasteiger charge is 2.07. The van der Waals surface area contributed by atoms with Gasteiger partial charge in [-0.2, -0.15) is 0 Å². The molecule has 0 bridgehead atoms. The van der Waals surface area contributed by atoms with Crippen molar-refractivity contribution in [3.8, 4) is 11.5 Å². The van der Waals surface area contributed by atoms with Gasteiger partial charge in [-0.1, -0.05) is 25.7 Å². The third-order valence-electron chi connectivity index (χ3n) is 5.08. The highest BCUT2D eigenvalue weighted by atomic mass is 16.6. The van der Waals surface area contributed by atoms with Gasteiger partial charge in [-0.3, -0.25) is 29.8 Å². The second kappa shape index (κ2) is 15.6. The zero-order chi connectivity index (χ0) is 26.2. The standard InChI is InChI=1S/C24H30N4O8/c29-23(17-35-21-11-7-19(8-12-21)27(31)32)25-15-5-3-1-2-4-6-16-26-24(30)18-36-22-13-9-20(10-14-22)28(33)34/h7-14H,1-6,15-18H2,(H,25,29)(H,26,30). The van der Waals surface area contributed by atoms with Gasteiger partial charge in [0.25, 0.3) is 23.2 Å². The molecule has 2 N–H and O–H groups in total. The summed E-state index contributed by atoms with van der Waals surface area (Å²) in [6.07, 6.45) is 5.68. The Hall–Kier alpha value is -4.22. The molecule has 36 heavy (non-hydrogen) atoms. The van der Waals surface area contributed by atoms with E-state index in [0.717, 1.165) is 38.5 Å². The van der Waals surface area contributed by atoms with E-state index in [0.29, 0.717) is 24.6 Å². The summed E-state index contributed by atoms with van der Waals surface area (Å²) in [6, 6.07) is 11.1. The molecule has 12 nitrogen and oxygen atoms in total. The molecule has 0 saturated carbocycles. The molecule has 2 aromatic rings. The lowest BCUT2D eigenvalue weighted by Crippen LogP contribution is -2.29. The number of benzene rings is 2. The van der Waals surface area contributed by atoms with Crippen molar-refractivity contribution < 1.29 is 28.9 Å². The van der Waals surface area contributed by atoms with Gasteiger partial charge in [-0.05, 0) is 37.1 Å². The molecule has 2 rings (SSSR count). The Bertz CT molecular complexity index is 915. The van der Waals surface area contributed by atoms with Crippen LogP contribution in [-0.2, 0) is 9.59 Å². The van der Waals surface area contributed by atoms with Gasteiger partial charge in [0, 0.05) is 37.4 Å². The average Bonchev–Trinajstić information content (AvgIpc) is 2.87. The van der Waals surface area contributed by atoms with Crippen LogP contribution < -0.4 is 20.1 Å². The number of nitro benzene ring substituents is 2. The Morgan fingerprint density at radius 2 is 0.944 bits per heavy atom. The maximum atomic E-state index is 11.8. The van der Waals surface area contributed by atoms with Crippen molar-refractivity contribution in [1.82, 2.24) is 10.6 Å². The summed E-state index contributed by atoms with van der Waals surface area (Å²) in [5.41, 5.74) is -0.0778. The molecule has 0 heterocycles. The molecule has 0 aliphatic heterocycles. The molecule has 0 aliphatic carbocycles. The van der Waals surface area contributed by atoms with Gasteiger partial charge in [-0.15, -0.1) is 0 Å². The van der Waals surface area contributed by atoms with E-state index in [-0.39, 0.29) is 36.4 Å². The predicted molar refractivity (Wildman–Crippen MR) is 131 cm³/mol. The van der Waals surface area contributed by atoms with Gasteiger partial charge in [0.2, 0.25) is 0 Å². The van der Waals surface area contributed by atoms with Crippen molar-refractivity contribution in [2.24, 2.45) is 0 Å². The van der Waals surface area contributed by atoms with Crippen molar-refractivity contribution >= 4 is 23.2 Å². The number of amides is 2. The Morgan fingerprint density at radius 3 is 1.28 bits per heavy atom. The minimum Gasteiger partial charge on any atom is -0.484 e. The lowest BCUT2D eigenvalue weighted by molar-refractivity contribution is -0.385. The highest BCUT2D eigenvalue weighted by molar-refractivity contribution is 5.77. The lowest BCUT2D eigenvalue weighted by atomic mass is 10.1. The molecule has 194 valence electrons. The average molecular weight is 503 g/mol. The van der Waals surface area contributed by atoms with Gasteiger partial charge in [0.05, 0.1) is 9.85 Å². The first-order valence-corrected chi connectivity index (χ1v) is 11.6. The number of hydrogen-bond acceptors (Lipinski definition) is 8. The number of hydrogen-bond donors (Lipinski definition) is 2. The zero-order valence-electron chi connectivity index (χ0n) is 19.9. The maximum Gasteiger partial charge on any atom is 0.269 e. The van der Waals surface area contributed by atoms with Gasteiger partial charge in [-0.25, -0.2) is 0 Å². The third kappa shape index (κ3) is 11.3. The number of unbranched alkanes of at least 4 members (excludes halogenated alkanes) is 5. The van der Waals surface area contributed by atoms with Gasteiger partial charge < -0.3 is 20.1 Å². The molecule has 0 unspecified atom stereocenters. The number of nitrogens with zero attached hydrogens (tertiary/aromatic N) is 2. The topological polar surface area (TPSA) is 163 Å². The summed E-state index contributed by atoms with van der Waals surface area (Å²) >= 11 is 0. The van der Waals surface area contributed by atoms with E-state index in [2.05, 4.69) is 10.6 Å². The van der Waals surface area contributed by atoms with Crippen LogP contribution in [-0.4, -0.2) is 48.0 Å². The third-order valence-corrected chi connectivity index (χ3v) is 5.08. The van der Waals surface area contributed by atoms with Crippen LogP contribution >= 0.6 is 0 Å². The zero-order valence-corrected chi connectivity index (χ0v) is 19.9. The van der Waals surface area contributed by atoms with Crippen molar-refractivity contribution in [2.45, 2.75) is 38.5 Å². The molecule has 0 aromatic heterocycles. The number of ether oxygens (including phenoxy) is 2. The summed E-state index contributed by atoms with van der Waals surface area (Å²) < 4.78 is 10.6. The van der Waals surface area contributed by atoms with E-state index in [4.69, 9.17) is 9.47 Å². The van der Waals surface area contributed by atoms with Crippen LogP contribution in [0.3, 0.4) is 0 Å². The summed E-state index contributed by atoms with van der Waals surface area (Å²) in [4.78, 5) is 43.8. The minimum absolute atomic E-state index is 0.0389. The molecule has 2 aromatic carbocycles. The second-order valence-electron chi connectivity index (χ2n) is 7.90. The van der Waals surface area contributed by atoms with E-state index in [9.17, 15) is 29.8 Å². The normalized spacial score (nSPS) is 10.3. The monoisotopic (exact) mass is 502 g/mol. The highest BCUT2D eigenvalue weighted by Crippen LogP contribution is 2.18. The lowest BCUT2D eigenvalue weighted by Gasteiger charge is -2.08. The number of carbonyl (C=O) groups is 2. The fourth-order valence-electron chi connectivity index (χ4n) is 3.14. The summed E-state index contributed by atoms with van der Waals surface area (Å²) in [7, 11) is 0. The van der Waals surface area contributed by atoms with E-state index < -0.39 is 9.85 Å². The van der Waals surface area contributed by atoms with E-state index in [1.54, 1.807) is 0 Å². The SMILES string of the molecule is O=C(COc1ccc([N+](=O)[O-])cc1)NCCCCCCCCNC(=O)COc1ccc([N+](=O)[O-])cc1. The number of carbonyl (C=O) groups excluding carboxylic acids is 2. The summed E-state index contributed by atoms with van der Waals surface area (Å²) in [6.45, 7) is 0.797. The molecular weight excluding hydrogens is 472 g/mol. The van der Waals surface area contributed by atoms with Crippen molar-refractivity contribution in [3.05, 3.63) is 68.8 Å². The number of rotatable bonds is 17. The van der Waals surface area contributed by atoms with E-state index >= 15 is 0 Å². The summed E-state index contributed by atoms with van der Waals surface area (Å²) in [5.74, 6) is 0.288. The Kier molecular flexibility index (Phi) is 12.2. The second-order valence-corrected chi connectivity index (χ2v) is 7.90. The molecule has 12 heteroatoms. The molecule has 0 atom stereocenters. The van der Waals surface area contributed by atoms with Gasteiger partial charge >= 0.3 is 0 Å². The maximum absolute atomic E-state index is 11.8. The number of nitrogens with one attached hydrogen (secondary N) is 2. The van der Waals surface area contributed by atoms with Crippen molar-refractivity contribution in [1.29, 1.82) is 0 Å². The van der Waals surface area contributed by atoms with E-state index in [1.165, 1.54) is 48.5 Å². The first-order chi connectivity index (χ1) is 17.3. The first kappa shape index (κ1) is 28.0. The van der Waals surface area contributed by atoms with Crippen molar-refractivity contribution in [2.75, 3.05) is 26.3 Å². The van der Waals surface area contributed by atoms with Crippen LogP contribution in [0.2, 0.25) is 0 Å². The molecule has 0 radical (unpaired) electrons. The smallest absolute Gasteiger partial charge is 0.269 e.